The number of methoxy groups -OCH3 is 1. The molecule has 0 radical (unpaired) electrons. The first-order valence-electron chi connectivity index (χ1n) is 6.15. The molecule has 0 aliphatic heterocycles. The maximum absolute atomic E-state index is 11.6. The first-order valence-corrected chi connectivity index (χ1v) is 6.15. The van der Waals surface area contributed by atoms with Gasteiger partial charge in [-0.1, -0.05) is 0 Å². The van der Waals surface area contributed by atoms with E-state index >= 15 is 0 Å². The molecule has 0 unspecified atom stereocenters. The van der Waals surface area contributed by atoms with Gasteiger partial charge in [-0.25, -0.2) is 4.52 Å². The second kappa shape index (κ2) is 4.48. The lowest BCUT2D eigenvalue weighted by Gasteiger charge is -2.07. The summed E-state index contributed by atoms with van der Waals surface area (Å²) in [6.45, 7) is 1.52. The molecule has 6 heteroatoms. The zero-order chi connectivity index (χ0) is 14.3. The Balaban J connectivity index is 2.26. The van der Waals surface area contributed by atoms with E-state index in [-0.39, 0.29) is 5.78 Å². The van der Waals surface area contributed by atoms with E-state index in [2.05, 4.69) is 10.2 Å². The molecule has 0 amide bonds. The van der Waals surface area contributed by atoms with Gasteiger partial charge in [0.2, 0.25) is 0 Å². The van der Waals surface area contributed by atoms with E-state index in [4.69, 9.17) is 4.74 Å². The highest BCUT2D eigenvalue weighted by Crippen LogP contribution is 2.29. The van der Waals surface area contributed by atoms with E-state index in [1.807, 2.05) is 25.5 Å². The predicted octanol–water partition coefficient (Wildman–Crippen LogP) is 1.95. The van der Waals surface area contributed by atoms with Gasteiger partial charge in [-0.3, -0.25) is 9.48 Å². The van der Waals surface area contributed by atoms with Crippen LogP contribution < -0.4 is 4.74 Å². The molecule has 0 aliphatic carbocycles. The Labute approximate surface area is 115 Å². The fourth-order valence-electron chi connectivity index (χ4n) is 2.23. The highest BCUT2D eigenvalue weighted by Gasteiger charge is 2.15. The molecule has 0 fully saturated rings. The number of nitrogens with zero attached hydrogens (tertiary/aromatic N) is 4. The molecule has 0 saturated heterocycles. The quantitative estimate of drug-likeness (QED) is 0.682. The van der Waals surface area contributed by atoms with Gasteiger partial charge in [-0.05, 0) is 13.0 Å². The van der Waals surface area contributed by atoms with Crippen LogP contribution in [-0.2, 0) is 7.05 Å². The number of aromatic nitrogens is 4. The number of pyridine rings is 1. The van der Waals surface area contributed by atoms with Gasteiger partial charge < -0.3 is 4.74 Å². The van der Waals surface area contributed by atoms with Gasteiger partial charge in [-0.2, -0.15) is 10.2 Å². The predicted molar refractivity (Wildman–Crippen MR) is 74.0 cm³/mol. The van der Waals surface area contributed by atoms with Gasteiger partial charge in [0.15, 0.2) is 5.78 Å². The van der Waals surface area contributed by atoms with Crippen LogP contribution in [0.3, 0.4) is 0 Å². The van der Waals surface area contributed by atoms with Crippen LogP contribution in [0.4, 0.5) is 0 Å². The van der Waals surface area contributed by atoms with Gasteiger partial charge in [0.1, 0.15) is 11.3 Å². The Hall–Kier alpha value is -2.63. The molecule has 6 nitrogen and oxygen atoms in total. The van der Waals surface area contributed by atoms with Crippen molar-refractivity contribution in [3.8, 4) is 16.9 Å². The summed E-state index contributed by atoms with van der Waals surface area (Å²) in [7, 11) is 3.44. The third-order valence-electron chi connectivity index (χ3n) is 3.21. The standard InChI is InChI=1S/C14H14N4O2/c1-9(19)12-6-16-18-8-10(4-13(20-3)14(12)18)11-5-15-17(2)7-11/h4-8H,1-3H3. The van der Waals surface area contributed by atoms with Gasteiger partial charge >= 0.3 is 0 Å². The summed E-state index contributed by atoms with van der Waals surface area (Å²) in [5.74, 6) is 0.585. The summed E-state index contributed by atoms with van der Waals surface area (Å²) in [4.78, 5) is 11.6. The van der Waals surface area contributed by atoms with Crippen molar-refractivity contribution in [3.63, 3.8) is 0 Å². The second-order valence-electron chi connectivity index (χ2n) is 4.61. The SMILES string of the molecule is COc1cc(-c2cnn(C)c2)cn2ncc(C(C)=O)c12. The van der Waals surface area contributed by atoms with Crippen LogP contribution in [0.1, 0.15) is 17.3 Å². The largest absolute Gasteiger partial charge is 0.494 e. The van der Waals surface area contributed by atoms with E-state index in [0.29, 0.717) is 16.8 Å². The third kappa shape index (κ3) is 1.85. The Kier molecular flexibility index (Phi) is 2.78. The molecule has 3 aromatic heterocycles. The Morgan fingerprint density at radius 2 is 2.00 bits per heavy atom. The summed E-state index contributed by atoms with van der Waals surface area (Å²) >= 11 is 0. The van der Waals surface area contributed by atoms with Crippen molar-refractivity contribution in [2.24, 2.45) is 7.05 Å². The molecule has 0 aromatic carbocycles. The lowest BCUT2D eigenvalue weighted by Crippen LogP contribution is -1.97. The van der Waals surface area contributed by atoms with E-state index in [0.717, 1.165) is 11.1 Å². The van der Waals surface area contributed by atoms with Crippen molar-refractivity contribution in [1.82, 2.24) is 19.4 Å². The lowest BCUT2D eigenvalue weighted by molar-refractivity contribution is 0.101. The average molecular weight is 270 g/mol. The minimum absolute atomic E-state index is 0.0348. The van der Waals surface area contributed by atoms with E-state index < -0.39 is 0 Å². The van der Waals surface area contributed by atoms with Crippen molar-refractivity contribution in [3.05, 3.63) is 36.4 Å². The average Bonchev–Trinajstić information content (AvgIpc) is 3.03. The van der Waals surface area contributed by atoms with Crippen molar-refractivity contribution < 1.29 is 9.53 Å². The second-order valence-corrected chi connectivity index (χ2v) is 4.61. The van der Waals surface area contributed by atoms with Gasteiger partial charge in [0, 0.05) is 30.6 Å². The summed E-state index contributed by atoms with van der Waals surface area (Å²) in [5.41, 5.74) is 3.14. The van der Waals surface area contributed by atoms with Gasteiger partial charge in [0.05, 0.1) is 25.1 Å². The number of hydrogen-bond donors (Lipinski definition) is 0. The third-order valence-corrected chi connectivity index (χ3v) is 3.21. The zero-order valence-electron chi connectivity index (χ0n) is 11.5. The molecule has 3 rings (SSSR count). The molecule has 0 atom stereocenters. The Bertz CT molecular complexity index is 801. The summed E-state index contributed by atoms with van der Waals surface area (Å²) in [6.07, 6.45) is 7.11. The number of Topliss-reactive ketones (excluding diaryl/α,β-unsaturated/α-hetero) is 1. The fourth-order valence-corrected chi connectivity index (χ4v) is 2.23. The number of ether oxygens (including phenoxy) is 1. The van der Waals surface area contributed by atoms with Crippen LogP contribution in [0.2, 0.25) is 0 Å². The number of rotatable bonds is 3. The minimum Gasteiger partial charge on any atom is -0.494 e. The number of hydrogen-bond acceptors (Lipinski definition) is 4. The smallest absolute Gasteiger partial charge is 0.163 e. The number of carbonyl (C=O) groups excluding carboxylic acids is 1. The number of carbonyl (C=O) groups is 1. The van der Waals surface area contributed by atoms with E-state index in [1.54, 1.807) is 28.7 Å². The number of ketones is 1. The monoisotopic (exact) mass is 270 g/mol. The molecule has 3 aromatic rings. The summed E-state index contributed by atoms with van der Waals surface area (Å²) in [5, 5.41) is 8.38. The van der Waals surface area contributed by atoms with Crippen molar-refractivity contribution in [2.75, 3.05) is 7.11 Å². The zero-order valence-corrected chi connectivity index (χ0v) is 11.5. The normalized spacial score (nSPS) is 10.9. The van der Waals surface area contributed by atoms with Crippen LogP contribution in [0.25, 0.3) is 16.6 Å². The van der Waals surface area contributed by atoms with Crippen molar-refractivity contribution >= 4 is 11.3 Å². The highest BCUT2D eigenvalue weighted by atomic mass is 16.5. The fraction of sp³-hybridized carbons (Fsp3) is 0.214. The van der Waals surface area contributed by atoms with Gasteiger partial charge in [-0.15, -0.1) is 0 Å². The lowest BCUT2D eigenvalue weighted by atomic mass is 10.1. The molecule has 0 spiro atoms. The molecule has 0 saturated carbocycles. The highest BCUT2D eigenvalue weighted by molar-refractivity contribution is 6.02. The maximum Gasteiger partial charge on any atom is 0.163 e. The van der Waals surface area contributed by atoms with Crippen molar-refractivity contribution in [2.45, 2.75) is 6.92 Å². The Morgan fingerprint density at radius 3 is 2.60 bits per heavy atom. The maximum atomic E-state index is 11.6. The van der Waals surface area contributed by atoms with E-state index in [9.17, 15) is 4.79 Å². The summed E-state index contributed by atoms with van der Waals surface area (Å²) < 4.78 is 8.80. The molecular formula is C14H14N4O2. The van der Waals surface area contributed by atoms with Crippen LogP contribution in [0.15, 0.2) is 30.9 Å². The minimum atomic E-state index is -0.0348. The van der Waals surface area contributed by atoms with Crippen LogP contribution in [0, 0.1) is 0 Å². The van der Waals surface area contributed by atoms with Crippen LogP contribution in [-0.4, -0.2) is 32.3 Å². The topological polar surface area (TPSA) is 61.4 Å². The molecule has 20 heavy (non-hydrogen) atoms. The van der Waals surface area contributed by atoms with E-state index in [1.165, 1.54) is 6.92 Å². The molecule has 0 bridgehead atoms. The van der Waals surface area contributed by atoms with Crippen LogP contribution >= 0.6 is 0 Å². The van der Waals surface area contributed by atoms with Crippen molar-refractivity contribution in [1.29, 1.82) is 0 Å². The van der Waals surface area contributed by atoms with Crippen LogP contribution in [0.5, 0.6) is 5.75 Å². The molecule has 0 aliphatic rings. The first kappa shape index (κ1) is 12.4. The molecular weight excluding hydrogens is 256 g/mol. The molecule has 0 N–H and O–H groups in total. The van der Waals surface area contributed by atoms with Gasteiger partial charge in [0.25, 0.3) is 0 Å². The molecule has 3 heterocycles. The first-order chi connectivity index (χ1) is 9.60. The number of fused-ring (bicyclic) bond motifs is 1. The number of aryl methyl sites for hydroxylation is 1. The summed E-state index contributed by atoms with van der Waals surface area (Å²) in [6, 6.07) is 1.89. The Morgan fingerprint density at radius 1 is 1.20 bits per heavy atom. The molecule has 102 valence electrons.